The first kappa shape index (κ1) is 25.4. The van der Waals surface area contributed by atoms with Crippen LogP contribution in [-0.2, 0) is 6.54 Å². The van der Waals surface area contributed by atoms with Gasteiger partial charge in [0.2, 0.25) is 0 Å². The Morgan fingerprint density at radius 1 is 0.786 bits per heavy atom. The predicted molar refractivity (Wildman–Crippen MR) is 118 cm³/mol. The number of amidine groups is 1. The predicted octanol–water partition coefficient (Wildman–Crippen LogP) is 2.22. The highest BCUT2D eigenvalue weighted by Gasteiger charge is 2.30. The van der Waals surface area contributed by atoms with Crippen LogP contribution in [0.3, 0.4) is 0 Å². The molecule has 2 rings (SSSR count). The molecule has 0 radical (unpaired) electrons. The Kier molecular flexibility index (Phi) is 14.6. The molecular weight excluding hydrogens is 408 g/mol. The Hall–Kier alpha value is -0.670. The summed E-state index contributed by atoms with van der Waals surface area (Å²) in [5.41, 5.74) is 1.43. The molecule has 1 atom stereocenters. The van der Waals surface area contributed by atoms with E-state index in [1.54, 1.807) is 10.7 Å². The summed E-state index contributed by atoms with van der Waals surface area (Å²) in [7, 11) is 0. The molecule has 1 aromatic carbocycles. The van der Waals surface area contributed by atoms with Gasteiger partial charge in [-0.1, -0.05) is 101 Å². The molecule has 1 unspecified atom stereocenters. The van der Waals surface area contributed by atoms with Crippen LogP contribution < -0.4 is 21.9 Å². The summed E-state index contributed by atoms with van der Waals surface area (Å²) in [5, 5.41) is 0. The molecule has 1 N–H and O–H groups in total. The smallest absolute Gasteiger partial charge is 0.334 e. The van der Waals surface area contributed by atoms with E-state index >= 15 is 0 Å². The number of hydrogen-bond acceptors (Lipinski definition) is 0. The van der Waals surface area contributed by atoms with Crippen LogP contribution in [0, 0.1) is 0 Å². The number of quaternary nitrogens is 1. The lowest BCUT2D eigenvalue weighted by molar-refractivity contribution is -0.802. The number of nitrogens with one attached hydrogen (secondary N) is 1. The lowest BCUT2D eigenvalue weighted by Gasteiger charge is -2.08. The Balaban J connectivity index is 0.00000392. The summed E-state index contributed by atoms with van der Waals surface area (Å²) in [5.74, 6) is 1.56. The van der Waals surface area contributed by atoms with Gasteiger partial charge in [-0.2, -0.15) is 4.58 Å². The summed E-state index contributed by atoms with van der Waals surface area (Å²) in [6.45, 7) is 9.55. The minimum Gasteiger partial charge on any atom is -1.00 e. The second-order valence-electron chi connectivity index (χ2n) is 8.49. The molecule has 0 fully saturated rings. The van der Waals surface area contributed by atoms with Crippen LogP contribution in [-0.4, -0.2) is 30.0 Å². The zero-order valence-electron chi connectivity index (χ0n) is 18.5. The van der Waals surface area contributed by atoms with E-state index < -0.39 is 0 Å². The first-order valence-electron chi connectivity index (χ1n) is 11.8. The highest BCUT2D eigenvalue weighted by Crippen LogP contribution is 2.11. The molecule has 1 heterocycles. The molecule has 2 nitrogen and oxygen atoms in total. The maximum absolute atomic E-state index is 2.57. The lowest BCUT2D eigenvalue weighted by Crippen LogP contribution is -3.13. The minimum atomic E-state index is 0. The van der Waals surface area contributed by atoms with Crippen molar-refractivity contribution in [2.45, 2.75) is 97.4 Å². The van der Waals surface area contributed by atoms with Crippen molar-refractivity contribution in [3.8, 4) is 0 Å². The third-order valence-electron chi connectivity index (χ3n) is 6.22. The number of rotatable bonds is 15. The van der Waals surface area contributed by atoms with Gasteiger partial charge < -0.3 is 17.0 Å². The van der Waals surface area contributed by atoms with Gasteiger partial charge in [0, 0.05) is 5.56 Å². The number of benzene rings is 1. The van der Waals surface area contributed by atoms with Gasteiger partial charge in [0.15, 0.2) is 13.1 Å². The van der Waals surface area contributed by atoms with Crippen LogP contribution in [0.15, 0.2) is 30.3 Å². The maximum atomic E-state index is 2.57. The van der Waals surface area contributed by atoms with Gasteiger partial charge in [0.25, 0.3) is 0 Å². The number of halogens is 1. The molecular formula is C25H44BrN2+. The van der Waals surface area contributed by atoms with Crippen molar-refractivity contribution < 1.29 is 26.5 Å². The lowest BCUT2D eigenvalue weighted by atomic mass is 10.1. The van der Waals surface area contributed by atoms with Crippen molar-refractivity contribution in [1.82, 2.24) is 0 Å². The summed E-state index contributed by atoms with van der Waals surface area (Å²) in [6, 6.07) is 10.9. The highest BCUT2D eigenvalue weighted by molar-refractivity contribution is 5.65. The topological polar surface area (TPSA) is 7.45 Å². The monoisotopic (exact) mass is 451 g/mol. The molecule has 3 heteroatoms. The van der Waals surface area contributed by atoms with Gasteiger partial charge in [0.1, 0.15) is 6.54 Å². The fourth-order valence-electron chi connectivity index (χ4n) is 4.33. The number of nitrogens with zero attached hydrogens (tertiary/aromatic N) is 1. The summed E-state index contributed by atoms with van der Waals surface area (Å²) in [4.78, 5) is 1.72. The van der Waals surface area contributed by atoms with Crippen molar-refractivity contribution in [3.05, 3.63) is 35.9 Å². The fourth-order valence-corrected chi connectivity index (χ4v) is 4.33. The molecule has 1 aliphatic rings. The van der Waals surface area contributed by atoms with Crippen LogP contribution in [0.2, 0.25) is 0 Å². The van der Waals surface area contributed by atoms with E-state index in [2.05, 4.69) is 48.8 Å². The maximum Gasteiger partial charge on any atom is 0.334 e. The second-order valence-corrected chi connectivity index (χ2v) is 8.49. The highest BCUT2D eigenvalue weighted by atomic mass is 79.9. The van der Waals surface area contributed by atoms with Crippen LogP contribution in [0.4, 0.5) is 0 Å². The van der Waals surface area contributed by atoms with Crippen LogP contribution >= 0.6 is 0 Å². The van der Waals surface area contributed by atoms with Crippen molar-refractivity contribution >= 4 is 5.84 Å². The summed E-state index contributed by atoms with van der Waals surface area (Å²) < 4.78 is 2.57. The van der Waals surface area contributed by atoms with Crippen molar-refractivity contribution in [2.24, 2.45) is 0 Å². The van der Waals surface area contributed by atoms with Gasteiger partial charge in [0.05, 0.1) is 13.5 Å². The Morgan fingerprint density at radius 3 is 1.89 bits per heavy atom. The molecule has 0 bridgehead atoms. The Labute approximate surface area is 185 Å². The molecule has 0 saturated carbocycles. The quantitative estimate of drug-likeness (QED) is 0.308. The molecule has 28 heavy (non-hydrogen) atoms. The molecule has 0 aliphatic carbocycles. The molecule has 160 valence electrons. The van der Waals surface area contributed by atoms with Gasteiger partial charge in [-0.05, 0) is 12.8 Å². The molecule has 1 aliphatic heterocycles. The first-order valence-corrected chi connectivity index (χ1v) is 11.8. The number of hydrogen-bond donors (Lipinski definition) is 1. The molecule has 1 aromatic rings. The van der Waals surface area contributed by atoms with E-state index in [1.807, 2.05) is 0 Å². The minimum absolute atomic E-state index is 0. The molecule has 0 saturated heterocycles. The molecule has 0 aromatic heterocycles. The second kappa shape index (κ2) is 16.2. The Morgan fingerprint density at radius 2 is 1.32 bits per heavy atom. The van der Waals surface area contributed by atoms with Crippen LogP contribution in [0.5, 0.6) is 0 Å². The standard InChI is InChI=1S/C25H43N2.BrH/c1-3-4-5-6-7-8-9-10-11-12-13-17-20-26-21-22-27(24(26)2)23-25-18-15-14-16-19-25;/h14-16,18-19H,3-13,17,20-23H2,1-2H3;1H/q+1;. The summed E-state index contributed by atoms with van der Waals surface area (Å²) in [6.07, 6.45) is 17.3. The van der Waals surface area contributed by atoms with Crippen molar-refractivity contribution in [2.75, 3.05) is 19.6 Å². The van der Waals surface area contributed by atoms with E-state index in [-0.39, 0.29) is 17.0 Å². The average Bonchev–Trinajstić information content (AvgIpc) is 3.03. The van der Waals surface area contributed by atoms with Crippen LogP contribution in [0.25, 0.3) is 0 Å². The van der Waals surface area contributed by atoms with Gasteiger partial charge in [-0.25, -0.2) is 4.90 Å². The first-order chi connectivity index (χ1) is 13.3. The van der Waals surface area contributed by atoms with Gasteiger partial charge in [-0.15, -0.1) is 0 Å². The summed E-state index contributed by atoms with van der Waals surface area (Å²) >= 11 is 0. The van der Waals surface area contributed by atoms with Gasteiger partial charge in [-0.3, -0.25) is 0 Å². The van der Waals surface area contributed by atoms with Crippen LogP contribution in [0.1, 0.15) is 96.5 Å². The van der Waals surface area contributed by atoms with E-state index in [1.165, 1.54) is 102 Å². The van der Waals surface area contributed by atoms with E-state index in [4.69, 9.17) is 0 Å². The van der Waals surface area contributed by atoms with Gasteiger partial charge >= 0.3 is 5.84 Å². The van der Waals surface area contributed by atoms with Crippen molar-refractivity contribution in [1.29, 1.82) is 0 Å². The normalized spacial score (nSPS) is 16.4. The van der Waals surface area contributed by atoms with E-state index in [0.717, 1.165) is 6.54 Å². The van der Waals surface area contributed by atoms with E-state index in [0.29, 0.717) is 0 Å². The fraction of sp³-hybridized carbons (Fsp3) is 0.720. The average molecular weight is 453 g/mol. The Bertz CT molecular complexity index is 527. The third kappa shape index (κ3) is 10.2. The molecule has 0 spiro atoms. The number of unbranched alkanes of at least 4 members (excludes halogenated alkanes) is 11. The molecule has 0 amide bonds. The zero-order chi connectivity index (χ0) is 19.2. The largest absolute Gasteiger partial charge is 1.00 e. The van der Waals surface area contributed by atoms with Crippen molar-refractivity contribution in [3.63, 3.8) is 0 Å². The van der Waals surface area contributed by atoms with E-state index in [9.17, 15) is 0 Å². The zero-order valence-corrected chi connectivity index (χ0v) is 20.1. The SMILES string of the molecule is CCCCCCCCCCCCCC[NH+]1CC[N+](Cc2ccccc2)=C1C.[Br-]. The third-order valence-corrected chi connectivity index (χ3v) is 6.22.